The molecular weight excluding hydrogens is 320 g/mol. The third-order valence-electron chi connectivity index (χ3n) is 4.12. The lowest BCUT2D eigenvalue weighted by molar-refractivity contribution is 0.680. The largest absolute Gasteiger partial charge is 0.0616 e. The first kappa shape index (κ1) is 14.3. The summed E-state index contributed by atoms with van der Waals surface area (Å²) in [7, 11) is 0. The zero-order chi connectivity index (χ0) is 14.7. The first-order valence-electron chi connectivity index (χ1n) is 7.45. The summed E-state index contributed by atoms with van der Waals surface area (Å²) in [5.74, 6) is 0.582. The second-order valence-electron chi connectivity index (χ2n) is 5.67. The molecule has 1 atom stereocenters. The average molecular weight is 339 g/mol. The van der Waals surface area contributed by atoms with Crippen LogP contribution in [0.25, 0.3) is 10.8 Å². The summed E-state index contributed by atoms with van der Waals surface area (Å²) in [6.07, 6.45) is 2.31. The van der Waals surface area contributed by atoms with Crippen LogP contribution < -0.4 is 0 Å². The van der Waals surface area contributed by atoms with Crippen molar-refractivity contribution in [3.8, 4) is 0 Å². The third-order valence-corrected chi connectivity index (χ3v) is 4.65. The van der Waals surface area contributed by atoms with Crippen LogP contribution >= 0.6 is 15.9 Å². The molecule has 0 amide bonds. The predicted octanol–water partition coefficient (Wildman–Crippen LogP) is 6.34. The minimum atomic E-state index is 0.582. The van der Waals surface area contributed by atoms with E-state index in [9.17, 15) is 0 Å². The Kier molecular flexibility index (Phi) is 4.40. The Morgan fingerprint density at radius 2 is 1.57 bits per heavy atom. The van der Waals surface area contributed by atoms with E-state index in [4.69, 9.17) is 0 Å². The van der Waals surface area contributed by atoms with E-state index in [0.29, 0.717) is 5.92 Å². The van der Waals surface area contributed by atoms with Gasteiger partial charge >= 0.3 is 0 Å². The van der Waals surface area contributed by atoms with Gasteiger partial charge in [0.1, 0.15) is 0 Å². The first-order valence-corrected chi connectivity index (χ1v) is 8.25. The average Bonchev–Trinajstić information content (AvgIpc) is 2.53. The summed E-state index contributed by atoms with van der Waals surface area (Å²) in [6, 6.07) is 24.1. The quantitative estimate of drug-likeness (QED) is 0.520. The van der Waals surface area contributed by atoms with Crippen LogP contribution in [0, 0.1) is 0 Å². The Balaban J connectivity index is 1.71. The number of hydrogen-bond donors (Lipinski definition) is 0. The summed E-state index contributed by atoms with van der Waals surface area (Å²) < 4.78 is 1.15. The van der Waals surface area contributed by atoms with Crippen molar-refractivity contribution in [3.63, 3.8) is 0 Å². The zero-order valence-electron chi connectivity index (χ0n) is 12.2. The highest BCUT2D eigenvalue weighted by molar-refractivity contribution is 9.10. The van der Waals surface area contributed by atoms with Gasteiger partial charge in [-0.1, -0.05) is 77.5 Å². The molecule has 0 aliphatic carbocycles. The van der Waals surface area contributed by atoms with Crippen molar-refractivity contribution < 1.29 is 0 Å². The smallest absolute Gasteiger partial charge is 0.0175 e. The van der Waals surface area contributed by atoms with Crippen molar-refractivity contribution in [1.29, 1.82) is 0 Å². The number of hydrogen-bond acceptors (Lipinski definition) is 0. The summed E-state index contributed by atoms with van der Waals surface area (Å²) in [4.78, 5) is 0. The maximum Gasteiger partial charge on any atom is 0.0175 e. The standard InChI is InChI=1S/C20H19Br/c1-15(6-7-16-8-12-20(21)13-9-16)18-11-10-17-4-2-3-5-19(17)14-18/h2-5,8-15H,6-7H2,1H3. The van der Waals surface area contributed by atoms with E-state index in [2.05, 4.69) is 89.6 Å². The van der Waals surface area contributed by atoms with Crippen LogP contribution in [0.1, 0.15) is 30.4 Å². The van der Waals surface area contributed by atoms with Gasteiger partial charge in [0.25, 0.3) is 0 Å². The topological polar surface area (TPSA) is 0 Å². The normalized spacial score (nSPS) is 12.5. The van der Waals surface area contributed by atoms with Crippen LogP contribution in [0.3, 0.4) is 0 Å². The molecule has 0 aromatic heterocycles. The zero-order valence-corrected chi connectivity index (χ0v) is 13.8. The molecule has 1 unspecified atom stereocenters. The molecule has 0 heterocycles. The SMILES string of the molecule is CC(CCc1ccc(Br)cc1)c1ccc2ccccc2c1. The first-order chi connectivity index (χ1) is 10.2. The van der Waals surface area contributed by atoms with E-state index in [1.807, 2.05) is 0 Å². The molecule has 3 aromatic rings. The van der Waals surface area contributed by atoms with Crippen molar-refractivity contribution in [3.05, 3.63) is 82.3 Å². The molecule has 3 aromatic carbocycles. The summed E-state index contributed by atoms with van der Waals surface area (Å²) >= 11 is 3.49. The van der Waals surface area contributed by atoms with Gasteiger partial charge in [0, 0.05) is 4.47 Å². The summed E-state index contributed by atoms with van der Waals surface area (Å²) in [6.45, 7) is 2.32. The highest BCUT2D eigenvalue weighted by Crippen LogP contribution is 2.25. The molecule has 0 aliphatic rings. The predicted molar refractivity (Wildman–Crippen MR) is 94.8 cm³/mol. The molecule has 0 saturated heterocycles. The van der Waals surface area contributed by atoms with E-state index in [1.165, 1.54) is 28.3 Å². The molecule has 3 rings (SSSR count). The van der Waals surface area contributed by atoms with Gasteiger partial charge in [-0.3, -0.25) is 0 Å². The van der Waals surface area contributed by atoms with E-state index in [1.54, 1.807) is 0 Å². The lowest BCUT2D eigenvalue weighted by Gasteiger charge is -2.13. The lowest BCUT2D eigenvalue weighted by atomic mass is 9.92. The number of aryl methyl sites for hydroxylation is 1. The van der Waals surface area contributed by atoms with Gasteiger partial charge in [0.15, 0.2) is 0 Å². The summed E-state index contributed by atoms with van der Waals surface area (Å²) in [5, 5.41) is 2.66. The van der Waals surface area contributed by atoms with Crippen LogP contribution in [0.4, 0.5) is 0 Å². The van der Waals surface area contributed by atoms with Gasteiger partial charge in [-0.05, 0) is 52.8 Å². The molecular formula is C20H19Br. The van der Waals surface area contributed by atoms with Gasteiger partial charge < -0.3 is 0 Å². The van der Waals surface area contributed by atoms with E-state index in [-0.39, 0.29) is 0 Å². The van der Waals surface area contributed by atoms with Crippen LogP contribution in [0.2, 0.25) is 0 Å². The molecule has 0 aliphatic heterocycles. The third kappa shape index (κ3) is 3.54. The Bertz CT molecular complexity index is 728. The molecule has 0 saturated carbocycles. The van der Waals surface area contributed by atoms with Crippen molar-refractivity contribution >= 4 is 26.7 Å². The highest BCUT2D eigenvalue weighted by atomic mass is 79.9. The second-order valence-corrected chi connectivity index (χ2v) is 6.59. The fraction of sp³-hybridized carbons (Fsp3) is 0.200. The fourth-order valence-corrected chi connectivity index (χ4v) is 2.98. The van der Waals surface area contributed by atoms with Crippen molar-refractivity contribution in [2.24, 2.45) is 0 Å². The maximum absolute atomic E-state index is 3.49. The molecule has 0 radical (unpaired) electrons. The van der Waals surface area contributed by atoms with Crippen LogP contribution in [0.15, 0.2) is 71.2 Å². The Morgan fingerprint density at radius 3 is 2.33 bits per heavy atom. The van der Waals surface area contributed by atoms with Gasteiger partial charge in [-0.15, -0.1) is 0 Å². The van der Waals surface area contributed by atoms with Crippen LogP contribution in [-0.2, 0) is 6.42 Å². The van der Waals surface area contributed by atoms with Gasteiger partial charge in [0.2, 0.25) is 0 Å². The van der Waals surface area contributed by atoms with E-state index in [0.717, 1.165) is 10.9 Å². The Hall–Kier alpha value is -1.60. The Morgan fingerprint density at radius 1 is 0.857 bits per heavy atom. The lowest BCUT2D eigenvalue weighted by Crippen LogP contribution is -1.96. The monoisotopic (exact) mass is 338 g/mol. The minimum Gasteiger partial charge on any atom is -0.0616 e. The molecule has 0 N–H and O–H groups in total. The van der Waals surface area contributed by atoms with Crippen molar-refractivity contribution in [2.75, 3.05) is 0 Å². The molecule has 1 heteroatoms. The molecule has 0 spiro atoms. The minimum absolute atomic E-state index is 0.582. The van der Waals surface area contributed by atoms with E-state index >= 15 is 0 Å². The number of rotatable bonds is 4. The molecule has 21 heavy (non-hydrogen) atoms. The number of benzene rings is 3. The summed E-state index contributed by atoms with van der Waals surface area (Å²) in [5.41, 5.74) is 2.84. The van der Waals surface area contributed by atoms with Crippen molar-refractivity contribution in [2.45, 2.75) is 25.7 Å². The number of halogens is 1. The Labute approximate surface area is 134 Å². The van der Waals surface area contributed by atoms with E-state index < -0.39 is 0 Å². The fourth-order valence-electron chi connectivity index (χ4n) is 2.72. The highest BCUT2D eigenvalue weighted by Gasteiger charge is 2.07. The number of fused-ring (bicyclic) bond motifs is 1. The molecule has 0 bridgehead atoms. The van der Waals surface area contributed by atoms with Gasteiger partial charge in [-0.2, -0.15) is 0 Å². The van der Waals surface area contributed by atoms with Crippen LogP contribution in [0.5, 0.6) is 0 Å². The van der Waals surface area contributed by atoms with Crippen molar-refractivity contribution in [1.82, 2.24) is 0 Å². The van der Waals surface area contributed by atoms with Gasteiger partial charge in [0.05, 0.1) is 0 Å². The second kappa shape index (κ2) is 6.44. The molecule has 0 fully saturated rings. The van der Waals surface area contributed by atoms with Gasteiger partial charge in [-0.25, -0.2) is 0 Å². The molecule has 0 nitrogen and oxygen atoms in total. The maximum atomic E-state index is 3.49. The molecule has 106 valence electrons. The van der Waals surface area contributed by atoms with Crippen LogP contribution in [-0.4, -0.2) is 0 Å².